The minimum atomic E-state index is -0.470. The van der Waals surface area contributed by atoms with Gasteiger partial charge in [-0.1, -0.05) is 0 Å². The summed E-state index contributed by atoms with van der Waals surface area (Å²) in [5.41, 5.74) is 6.52. The normalized spacial score (nSPS) is 17.7. The van der Waals surface area contributed by atoms with Crippen LogP contribution in [0.2, 0.25) is 0 Å². The van der Waals surface area contributed by atoms with E-state index in [1.54, 1.807) is 22.3 Å². The van der Waals surface area contributed by atoms with Crippen molar-refractivity contribution in [2.75, 3.05) is 0 Å². The van der Waals surface area contributed by atoms with E-state index in [0.717, 1.165) is 0 Å². The number of hydrogen-bond acceptors (Lipinski definition) is 0. The molecule has 0 unspecified atom stereocenters. The van der Waals surface area contributed by atoms with Gasteiger partial charge in [0.05, 0.1) is 0 Å². The van der Waals surface area contributed by atoms with Crippen molar-refractivity contribution in [3.05, 3.63) is 41.0 Å². The molecule has 0 aliphatic heterocycles. The minimum absolute atomic E-state index is 0. The first-order valence-electron chi connectivity index (χ1n) is 6.72. The Morgan fingerprint density at radius 2 is 1.21 bits per heavy atom. The van der Waals surface area contributed by atoms with Crippen LogP contribution in [0.25, 0.3) is 0 Å². The second-order valence-corrected chi connectivity index (χ2v) is 8.51. The van der Waals surface area contributed by atoms with Gasteiger partial charge in [-0.3, -0.25) is 0 Å². The molecule has 0 aromatic carbocycles. The van der Waals surface area contributed by atoms with E-state index in [9.17, 15) is 0 Å². The van der Waals surface area contributed by atoms with Crippen LogP contribution in [-0.4, -0.2) is 0 Å². The molecule has 0 nitrogen and oxygen atoms in total. The van der Waals surface area contributed by atoms with Gasteiger partial charge in [0.15, 0.2) is 0 Å². The quantitative estimate of drug-likeness (QED) is 0.506. The zero-order chi connectivity index (χ0) is 12.4. The Kier molecular flexibility index (Phi) is 9.33. The summed E-state index contributed by atoms with van der Waals surface area (Å²) in [6, 6.07) is 0. The Balaban J connectivity index is 0.00000162. The third kappa shape index (κ3) is 4.38. The SMILES string of the molecule is CCC1=[C]([Zr+2][C]2=C(CC)C(C)=CC2)CC=C1C.[Br-].[Br-]. The zero-order valence-electron chi connectivity index (χ0n) is 12.2. The number of halogens is 2. The van der Waals surface area contributed by atoms with Gasteiger partial charge in [-0.2, -0.15) is 0 Å². The molecule has 0 atom stereocenters. The van der Waals surface area contributed by atoms with Gasteiger partial charge < -0.3 is 34.0 Å². The van der Waals surface area contributed by atoms with Crippen LogP contribution in [0.15, 0.2) is 41.0 Å². The fourth-order valence-electron chi connectivity index (χ4n) is 2.90. The molecule has 2 aliphatic rings. The van der Waals surface area contributed by atoms with Crippen LogP contribution in [0.5, 0.6) is 0 Å². The predicted molar refractivity (Wildman–Crippen MR) is 71.4 cm³/mol. The molecule has 0 aromatic rings. The second-order valence-electron chi connectivity index (χ2n) is 4.93. The molecule has 0 fully saturated rings. The van der Waals surface area contributed by atoms with Gasteiger partial charge in [0.2, 0.25) is 0 Å². The Bertz CT molecular complexity index is 411. The Labute approximate surface area is 150 Å². The molecule has 0 N–H and O–H groups in total. The van der Waals surface area contributed by atoms with Gasteiger partial charge in [0, 0.05) is 0 Å². The van der Waals surface area contributed by atoms with E-state index in [1.807, 2.05) is 6.56 Å². The summed E-state index contributed by atoms with van der Waals surface area (Å²) in [5.74, 6) is 0. The molecule has 2 aliphatic carbocycles. The molecule has 104 valence electrons. The van der Waals surface area contributed by atoms with Gasteiger partial charge in [-0.15, -0.1) is 0 Å². The molecule has 0 amide bonds. The average Bonchev–Trinajstić information content (AvgIpc) is 2.83. The van der Waals surface area contributed by atoms with Crippen LogP contribution in [0, 0.1) is 0 Å². The predicted octanol–water partition coefficient (Wildman–Crippen LogP) is -0.895. The largest absolute Gasteiger partial charge is 1.00 e. The van der Waals surface area contributed by atoms with Crippen LogP contribution in [-0.2, 0) is 23.2 Å². The van der Waals surface area contributed by atoms with Crippen molar-refractivity contribution in [1.29, 1.82) is 0 Å². The first-order valence-corrected chi connectivity index (χ1v) is 9.18. The number of rotatable bonds is 4. The van der Waals surface area contributed by atoms with Crippen LogP contribution >= 0.6 is 0 Å². The smallest absolute Gasteiger partial charge is 1.00 e. The maximum Gasteiger partial charge on any atom is -1.00 e. The fourth-order valence-corrected chi connectivity index (χ4v) is 7.38. The van der Waals surface area contributed by atoms with Gasteiger partial charge in [0.25, 0.3) is 0 Å². The van der Waals surface area contributed by atoms with E-state index < -0.39 is 23.2 Å². The Morgan fingerprint density at radius 3 is 1.53 bits per heavy atom. The summed E-state index contributed by atoms with van der Waals surface area (Å²) in [4.78, 5) is 0. The summed E-state index contributed by atoms with van der Waals surface area (Å²) in [6.07, 6.45) is 9.88. The molecule has 0 bridgehead atoms. The van der Waals surface area contributed by atoms with Gasteiger partial charge in [-0.25, -0.2) is 0 Å². The third-order valence-corrected chi connectivity index (χ3v) is 7.88. The van der Waals surface area contributed by atoms with Crippen LogP contribution in [0.3, 0.4) is 0 Å². The molecular weight excluding hydrogens is 443 g/mol. The fraction of sp³-hybridized carbons (Fsp3) is 0.500. The van der Waals surface area contributed by atoms with Crippen LogP contribution in [0.1, 0.15) is 53.4 Å². The van der Waals surface area contributed by atoms with Crippen molar-refractivity contribution < 1.29 is 57.2 Å². The maximum absolute atomic E-state index is 2.44. The molecule has 19 heavy (non-hydrogen) atoms. The molecule has 0 spiro atoms. The van der Waals surface area contributed by atoms with E-state index in [4.69, 9.17) is 0 Å². The molecule has 0 heterocycles. The van der Waals surface area contributed by atoms with Gasteiger partial charge in [0.1, 0.15) is 0 Å². The van der Waals surface area contributed by atoms with Crippen molar-refractivity contribution in [3.8, 4) is 0 Å². The van der Waals surface area contributed by atoms with E-state index in [2.05, 4.69) is 39.8 Å². The van der Waals surface area contributed by atoms with Crippen molar-refractivity contribution >= 4 is 0 Å². The molecule has 0 saturated heterocycles. The monoisotopic (exact) mass is 462 g/mol. The summed E-state index contributed by atoms with van der Waals surface area (Å²) in [7, 11) is 0. The molecular formula is C16H22Br2Zr. The first kappa shape index (κ1) is 19.8. The van der Waals surface area contributed by atoms with Crippen LogP contribution < -0.4 is 34.0 Å². The Morgan fingerprint density at radius 1 is 0.842 bits per heavy atom. The average molecular weight is 465 g/mol. The van der Waals surface area contributed by atoms with Crippen LogP contribution in [0.4, 0.5) is 0 Å². The summed E-state index contributed by atoms with van der Waals surface area (Å²) in [6.45, 7) is 9.20. The van der Waals surface area contributed by atoms with Crippen molar-refractivity contribution in [2.24, 2.45) is 0 Å². The van der Waals surface area contributed by atoms with Gasteiger partial charge >= 0.3 is 118 Å². The van der Waals surface area contributed by atoms with E-state index in [-0.39, 0.29) is 34.0 Å². The van der Waals surface area contributed by atoms with E-state index in [1.165, 1.54) is 25.7 Å². The summed E-state index contributed by atoms with van der Waals surface area (Å²) in [5, 5.41) is 0. The maximum atomic E-state index is 2.44. The minimum Gasteiger partial charge on any atom is -1.00 e. The van der Waals surface area contributed by atoms with E-state index >= 15 is 0 Å². The third-order valence-electron chi connectivity index (χ3n) is 3.91. The zero-order valence-corrected chi connectivity index (χ0v) is 17.9. The topological polar surface area (TPSA) is 0 Å². The standard InChI is InChI=1S/2C8H11.2BrH.Zr/c2*1-3-8-6-4-5-7(8)2;;;/h2*5H,3-4H2,1-2H3;2*1H;/q;;;;+2/p-2. The molecule has 0 aromatic heterocycles. The summed E-state index contributed by atoms with van der Waals surface area (Å²) < 4.78 is 3.69. The summed E-state index contributed by atoms with van der Waals surface area (Å²) >= 11 is -0.470. The second kappa shape index (κ2) is 8.95. The molecule has 0 saturated carbocycles. The van der Waals surface area contributed by atoms with Crippen molar-refractivity contribution in [1.82, 2.24) is 0 Å². The molecule has 0 radical (unpaired) electrons. The number of hydrogen-bond donors (Lipinski definition) is 0. The molecule has 3 heteroatoms. The van der Waals surface area contributed by atoms with Crippen molar-refractivity contribution in [3.63, 3.8) is 0 Å². The van der Waals surface area contributed by atoms with Crippen molar-refractivity contribution in [2.45, 2.75) is 53.4 Å². The Hall–Kier alpha value is 0.803. The molecule has 2 rings (SSSR count). The van der Waals surface area contributed by atoms with Gasteiger partial charge in [-0.05, 0) is 0 Å². The number of allylic oxidation sites excluding steroid dienone is 8. The first-order chi connectivity index (χ1) is 8.17. The van der Waals surface area contributed by atoms with E-state index in [0.29, 0.717) is 0 Å².